The number of hydrogen-bond acceptors (Lipinski definition) is 4. The molecule has 1 atom stereocenters. The summed E-state index contributed by atoms with van der Waals surface area (Å²) in [6.07, 6.45) is 10.2. The summed E-state index contributed by atoms with van der Waals surface area (Å²) in [4.78, 5) is 18.9. The average molecular weight is 370 g/mol. The highest BCUT2D eigenvalue weighted by Crippen LogP contribution is 2.31. The minimum Gasteiger partial charge on any atom is -0.493 e. The second-order valence-electron chi connectivity index (χ2n) is 6.28. The standard InChI is InChI=1S/C21H24N2O3.H2O/c1-25-19-10-8-16(14-20(19)26-2)9-11-21(24)23-13-4-3-7-18(23)17-6-5-12-22-15-17;/h5-6,8-12,14-15,18H,3-4,7,13H2,1-2H3;1H2/b11-9+;. The molecule has 0 saturated carbocycles. The number of ether oxygens (including phenoxy) is 2. The van der Waals surface area contributed by atoms with E-state index in [0.29, 0.717) is 11.5 Å². The summed E-state index contributed by atoms with van der Waals surface area (Å²) in [6.45, 7) is 0.772. The summed E-state index contributed by atoms with van der Waals surface area (Å²) in [6, 6.07) is 9.66. The van der Waals surface area contributed by atoms with Crippen LogP contribution in [0.25, 0.3) is 6.08 Å². The molecule has 1 unspecified atom stereocenters. The van der Waals surface area contributed by atoms with Crippen LogP contribution in [0.15, 0.2) is 48.8 Å². The van der Waals surface area contributed by atoms with Crippen LogP contribution in [0.2, 0.25) is 0 Å². The first-order chi connectivity index (χ1) is 12.7. The van der Waals surface area contributed by atoms with Gasteiger partial charge in [0.2, 0.25) is 5.91 Å². The van der Waals surface area contributed by atoms with Gasteiger partial charge in [-0.05, 0) is 54.7 Å². The van der Waals surface area contributed by atoms with Crippen LogP contribution in [0, 0.1) is 0 Å². The molecule has 1 aliphatic heterocycles. The zero-order valence-corrected chi connectivity index (χ0v) is 15.7. The normalized spacial score (nSPS) is 16.7. The van der Waals surface area contributed by atoms with Gasteiger partial charge in [0, 0.05) is 25.0 Å². The smallest absolute Gasteiger partial charge is 0.247 e. The van der Waals surface area contributed by atoms with Crippen molar-refractivity contribution in [1.29, 1.82) is 0 Å². The lowest BCUT2D eigenvalue weighted by atomic mass is 9.96. The number of aromatic nitrogens is 1. The number of methoxy groups -OCH3 is 2. The molecule has 0 bridgehead atoms. The molecule has 0 aliphatic carbocycles. The Kier molecular flexibility index (Phi) is 7.37. The second-order valence-corrected chi connectivity index (χ2v) is 6.28. The van der Waals surface area contributed by atoms with Crippen LogP contribution in [0.1, 0.15) is 36.4 Å². The van der Waals surface area contributed by atoms with E-state index >= 15 is 0 Å². The van der Waals surface area contributed by atoms with Crippen molar-refractivity contribution in [1.82, 2.24) is 9.88 Å². The van der Waals surface area contributed by atoms with Crippen LogP contribution in [0.4, 0.5) is 0 Å². The van der Waals surface area contributed by atoms with Gasteiger partial charge in [0.15, 0.2) is 11.5 Å². The van der Waals surface area contributed by atoms with Gasteiger partial charge in [-0.2, -0.15) is 0 Å². The number of rotatable bonds is 5. The lowest BCUT2D eigenvalue weighted by Gasteiger charge is -2.35. The highest BCUT2D eigenvalue weighted by molar-refractivity contribution is 5.92. The molecule has 1 aliphatic rings. The van der Waals surface area contributed by atoms with E-state index in [9.17, 15) is 4.79 Å². The zero-order valence-electron chi connectivity index (χ0n) is 15.7. The SMILES string of the molecule is COc1ccc(/C=C/C(=O)N2CCCCC2c2cccnc2)cc1OC.O. The number of carbonyl (C=O) groups is 1. The van der Waals surface area contributed by atoms with Crippen molar-refractivity contribution in [3.8, 4) is 11.5 Å². The molecule has 27 heavy (non-hydrogen) atoms. The molecule has 0 radical (unpaired) electrons. The topological polar surface area (TPSA) is 83.2 Å². The fourth-order valence-electron chi connectivity index (χ4n) is 3.33. The van der Waals surface area contributed by atoms with Gasteiger partial charge in [-0.25, -0.2) is 0 Å². The molecule has 2 heterocycles. The number of nitrogens with zero attached hydrogens (tertiary/aromatic N) is 2. The van der Waals surface area contributed by atoms with Crippen molar-refractivity contribution >= 4 is 12.0 Å². The molecule has 6 heteroatoms. The molecule has 3 rings (SSSR count). The van der Waals surface area contributed by atoms with Crippen LogP contribution in [-0.2, 0) is 4.79 Å². The second kappa shape index (κ2) is 9.73. The van der Waals surface area contributed by atoms with E-state index in [4.69, 9.17) is 9.47 Å². The Morgan fingerprint density at radius 1 is 1.19 bits per heavy atom. The van der Waals surface area contributed by atoms with Crippen molar-refractivity contribution in [3.63, 3.8) is 0 Å². The molecule has 2 aromatic rings. The van der Waals surface area contributed by atoms with Crippen molar-refractivity contribution in [2.75, 3.05) is 20.8 Å². The van der Waals surface area contributed by atoms with Crippen LogP contribution in [-0.4, -0.2) is 42.0 Å². The van der Waals surface area contributed by atoms with E-state index in [1.54, 1.807) is 26.5 Å². The van der Waals surface area contributed by atoms with E-state index in [1.165, 1.54) is 0 Å². The summed E-state index contributed by atoms with van der Waals surface area (Å²) in [7, 11) is 3.20. The predicted molar refractivity (Wildman–Crippen MR) is 105 cm³/mol. The maximum absolute atomic E-state index is 12.8. The molecule has 144 valence electrons. The molecule has 2 N–H and O–H groups in total. The van der Waals surface area contributed by atoms with Crippen LogP contribution in [0.3, 0.4) is 0 Å². The first-order valence-corrected chi connectivity index (χ1v) is 8.83. The molecule has 0 spiro atoms. The summed E-state index contributed by atoms with van der Waals surface area (Å²) in [5.41, 5.74) is 1.99. The molecule has 1 aromatic carbocycles. The number of pyridine rings is 1. The highest BCUT2D eigenvalue weighted by atomic mass is 16.5. The zero-order chi connectivity index (χ0) is 18.4. The minimum atomic E-state index is 0. The summed E-state index contributed by atoms with van der Waals surface area (Å²) in [5.74, 6) is 1.34. The van der Waals surface area contributed by atoms with Crippen molar-refractivity contribution in [2.24, 2.45) is 0 Å². The largest absolute Gasteiger partial charge is 0.493 e. The maximum atomic E-state index is 12.8. The highest BCUT2D eigenvalue weighted by Gasteiger charge is 2.26. The lowest BCUT2D eigenvalue weighted by Crippen LogP contribution is -2.37. The Balaban J connectivity index is 0.00000261. The van der Waals surface area contributed by atoms with Gasteiger partial charge >= 0.3 is 0 Å². The summed E-state index contributed by atoms with van der Waals surface area (Å²) in [5, 5.41) is 0. The van der Waals surface area contributed by atoms with E-state index in [-0.39, 0.29) is 17.4 Å². The average Bonchev–Trinajstić information content (AvgIpc) is 2.72. The molecule has 1 fully saturated rings. The number of piperidine rings is 1. The third-order valence-electron chi connectivity index (χ3n) is 4.68. The fraction of sp³-hybridized carbons (Fsp3) is 0.333. The molecule has 1 aromatic heterocycles. The fourth-order valence-corrected chi connectivity index (χ4v) is 3.33. The number of hydrogen-bond donors (Lipinski definition) is 0. The lowest BCUT2D eigenvalue weighted by molar-refractivity contribution is -0.129. The number of amides is 1. The van der Waals surface area contributed by atoms with Crippen LogP contribution in [0.5, 0.6) is 11.5 Å². The number of benzene rings is 1. The molecular weight excluding hydrogens is 344 g/mol. The van der Waals surface area contributed by atoms with Gasteiger partial charge in [0.1, 0.15) is 0 Å². The van der Waals surface area contributed by atoms with Gasteiger partial charge in [0.25, 0.3) is 0 Å². The van der Waals surface area contributed by atoms with Crippen LogP contribution >= 0.6 is 0 Å². The van der Waals surface area contributed by atoms with Gasteiger partial charge in [0.05, 0.1) is 20.3 Å². The van der Waals surface area contributed by atoms with E-state index < -0.39 is 0 Å². The molecular formula is C21H26N2O4. The van der Waals surface area contributed by atoms with Gasteiger partial charge in [-0.3, -0.25) is 9.78 Å². The molecule has 6 nitrogen and oxygen atoms in total. The van der Waals surface area contributed by atoms with E-state index in [0.717, 1.165) is 36.9 Å². The number of likely N-dealkylation sites (tertiary alicyclic amines) is 1. The minimum absolute atomic E-state index is 0. The van der Waals surface area contributed by atoms with Gasteiger partial charge in [-0.1, -0.05) is 12.1 Å². The Hall–Kier alpha value is -2.86. The Morgan fingerprint density at radius 3 is 2.70 bits per heavy atom. The quantitative estimate of drug-likeness (QED) is 0.758. The van der Waals surface area contributed by atoms with E-state index in [1.807, 2.05) is 47.5 Å². The maximum Gasteiger partial charge on any atom is 0.247 e. The van der Waals surface area contributed by atoms with E-state index in [2.05, 4.69) is 4.98 Å². The first-order valence-electron chi connectivity index (χ1n) is 8.83. The Bertz CT molecular complexity index is 777. The molecule has 1 saturated heterocycles. The van der Waals surface area contributed by atoms with Gasteiger partial charge in [-0.15, -0.1) is 0 Å². The van der Waals surface area contributed by atoms with Gasteiger partial charge < -0.3 is 19.8 Å². The third kappa shape index (κ3) is 4.86. The monoisotopic (exact) mass is 370 g/mol. The van der Waals surface area contributed by atoms with Crippen molar-refractivity contribution in [2.45, 2.75) is 25.3 Å². The third-order valence-corrected chi connectivity index (χ3v) is 4.68. The first kappa shape index (κ1) is 20.5. The Morgan fingerprint density at radius 2 is 2.00 bits per heavy atom. The molecule has 1 amide bonds. The van der Waals surface area contributed by atoms with Crippen molar-refractivity contribution in [3.05, 3.63) is 59.9 Å². The van der Waals surface area contributed by atoms with Crippen molar-refractivity contribution < 1.29 is 19.7 Å². The van der Waals surface area contributed by atoms with Crippen LogP contribution < -0.4 is 9.47 Å². The number of carbonyl (C=O) groups excluding carboxylic acids is 1. The summed E-state index contributed by atoms with van der Waals surface area (Å²) >= 11 is 0. The predicted octanol–water partition coefficient (Wildman–Crippen LogP) is 3.04. The summed E-state index contributed by atoms with van der Waals surface area (Å²) < 4.78 is 10.6. The Labute approximate surface area is 159 Å².